The number of rotatable bonds is 8. The second-order valence-corrected chi connectivity index (χ2v) is 6.64. The van der Waals surface area contributed by atoms with Crippen molar-refractivity contribution in [3.8, 4) is 11.5 Å². The number of benzene rings is 1. The zero-order valence-corrected chi connectivity index (χ0v) is 16.7. The Balaban J connectivity index is 1.69. The average Bonchev–Trinajstić information content (AvgIpc) is 3.29. The Hall–Kier alpha value is -3.22. The summed E-state index contributed by atoms with van der Waals surface area (Å²) in [6.45, 7) is -0.0624. The van der Waals surface area contributed by atoms with Gasteiger partial charge in [-0.1, -0.05) is 6.08 Å². The normalized spacial score (nSPS) is 13.4. The van der Waals surface area contributed by atoms with Crippen LogP contribution >= 0.6 is 0 Å². The molecule has 1 aromatic heterocycles. The van der Waals surface area contributed by atoms with E-state index in [0.717, 1.165) is 31.4 Å². The van der Waals surface area contributed by atoms with Gasteiger partial charge in [-0.3, -0.25) is 4.79 Å². The minimum Gasteiger partial charge on any atom is -0.497 e. The van der Waals surface area contributed by atoms with Crippen LogP contribution in [0.1, 0.15) is 41.8 Å². The van der Waals surface area contributed by atoms with Gasteiger partial charge in [-0.25, -0.2) is 4.79 Å². The second-order valence-electron chi connectivity index (χ2n) is 6.64. The van der Waals surface area contributed by atoms with Gasteiger partial charge < -0.3 is 23.5 Å². The van der Waals surface area contributed by atoms with Crippen molar-refractivity contribution < 1.29 is 28.2 Å². The monoisotopic (exact) mass is 399 g/mol. The lowest BCUT2D eigenvalue weighted by Crippen LogP contribution is -2.34. The number of furan rings is 1. The lowest BCUT2D eigenvalue weighted by atomic mass is 10.0. The molecule has 0 bridgehead atoms. The van der Waals surface area contributed by atoms with Gasteiger partial charge in [0.1, 0.15) is 22.8 Å². The molecule has 0 spiro atoms. The van der Waals surface area contributed by atoms with Crippen molar-refractivity contribution in [1.29, 1.82) is 0 Å². The Morgan fingerprint density at radius 3 is 2.66 bits per heavy atom. The van der Waals surface area contributed by atoms with Gasteiger partial charge in [0.05, 0.1) is 27.0 Å². The van der Waals surface area contributed by atoms with Crippen LogP contribution in [0.3, 0.4) is 0 Å². The molecule has 7 heteroatoms. The Labute approximate surface area is 169 Å². The van der Waals surface area contributed by atoms with E-state index < -0.39 is 5.97 Å². The molecule has 0 fully saturated rings. The molecule has 0 atom stereocenters. The third-order valence-corrected chi connectivity index (χ3v) is 4.76. The van der Waals surface area contributed by atoms with Gasteiger partial charge in [0, 0.05) is 11.8 Å². The SMILES string of the molecule is COc1ccc(C(=O)OCC(=O)N(Cc2ccco2)C2=CCCCC2)c(OC)c1. The van der Waals surface area contributed by atoms with Crippen molar-refractivity contribution in [2.45, 2.75) is 32.2 Å². The smallest absolute Gasteiger partial charge is 0.342 e. The predicted octanol–water partition coefficient (Wildman–Crippen LogP) is 3.94. The van der Waals surface area contributed by atoms with Crippen LogP contribution in [0.2, 0.25) is 0 Å². The maximum atomic E-state index is 12.9. The maximum absolute atomic E-state index is 12.9. The van der Waals surface area contributed by atoms with E-state index in [-0.39, 0.29) is 18.1 Å². The number of allylic oxidation sites excluding steroid dienone is 2. The van der Waals surface area contributed by atoms with Crippen LogP contribution in [0.15, 0.2) is 52.8 Å². The summed E-state index contributed by atoms with van der Waals surface area (Å²) in [5, 5.41) is 0. The molecule has 1 aliphatic carbocycles. The fourth-order valence-electron chi connectivity index (χ4n) is 3.22. The van der Waals surface area contributed by atoms with Crippen LogP contribution in [0, 0.1) is 0 Å². The highest BCUT2D eigenvalue weighted by atomic mass is 16.5. The Morgan fingerprint density at radius 2 is 2.00 bits per heavy atom. The van der Waals surface area contributed by atoms with Gasteiger partial charge in [-0.05, 0) is 49.9 Å². The fraction of sp³-hybridized carbons (Fsp3) is 0.364. The highest BCUT2D eigenvalue weighted by Gasteiger charge is 2.23. The van der Waals surface area contributed by atoms with E-state index in [4.69, 9.17) is 18.6 Å². The summed E-state index contributed by atoms with van der Waals surface area (Å²) < 4.78 is 21.0. The van der Waals surface area contributed by atoms with Crippen molar-refractivity contribution in [2.24, 2.45) is 0 Å². The van der Waals surface area contributed by atoms with Crippen molar-refractivity contribution >= 4 is 11.9 Å². The van der Waals surface area contributed by atoms with Gasteiger partial charge in [0.25, 0.3) is 5.91 Å². The predicted molar refractivity (Wildman–Crippen MR) is 106 cm³/mol. The molecule has 7 nitrogen and oxygen atoms in total. The van der Waals surface area contributed by atoms with E-state index >= 15 is 0 Å². The fourth-order valence-corrected chi connectivity index (χ4v) is 3.22. The number of carbonyl (C=O) groups is 2. The average molecular weight is 399 g/mol. The summed E-state index contributed by atoms with van der Waals surface area (Å²) in [6.07, 6.45) is 7.52. The van der Waals surface area contributed by atoms with E-state index in [1.165, 1.54) is 14.2 Å². The quantitative estimate of drug-likeness (QED) is 0.626. The lowest BCUT2D eigenvalue weighted by Gasteiger charge is -2.27. The largest absolute Gasteiger partial charge is 0.497 e. The van der Waals surface area contributed by atoms with Crippen molar-refractivity contribution in [2.75, 3.05) is 20.8 Å². The zero-order chi connectivity index (χ0) is 20.6. The molecule has 0 unspecified atom stereocenters. The molecule has 29 heavy (non-hydrogen) atoms. The summed E-state index contributed by atoms with van der Waals surface area (Å²) in [4.78, 5) is 27.0. The summed E-state index contributed by atoms with van der Waals surface area (Å²) >= 11 is 0. The Kier molecular flexibility index (Phi) is 6.94. The number of methoxy groups -OCH3 is 2. The highest BCUT2D eigenvalue weighted by Crippen LogP contribution is 2.26. The summed E-state index contributed by atoms with van der Waals surface area (Å²) in [5.41, 5.74) is 1.17. The highest BCUT2D eigenvalue weighted by molar-refractivity contribution is 5.94. The number of ether oxygens (including phenoxy) is 3. The van der Waals surface area contributed by atoms with Crippen LogP contribution < -0.4 is 9.47 Å². The molecule has 1 amide bonds. The molecule has 2 aromatic rings. The van der Waals surface area contributed by atoms with E-state index in [0.29, 0.717) is 23.8 Å². The third-order valence-electron chi connectivity index (χ3n) is 4.76. The summed E-state index contributed by atoms with van der Waals surface area (Å²) in [5.74, 6) is 0.629. The van der Waals surface area contributed by atoms with Gasteiger partial charge in [0.2, 0.25) is 0 Å². The molecular formula is C22H25NO6. The molecule has 0 aliphatic heterocycles. The molecule has 0 saturated heterocycles. The molecule has 154 valence electrons. The molecule has 0 N–H and O–H groups in total. The molecule has 1 aromatic carbocycles. The standard InChI is InChI=1S/C22H25NO6/c1-26-17-10-11-19(20(13-17)27-2)22(25)29-15-21(24)23(14-18-9-6-12-28-18)16-7-4-3-5-8-16/h6-7,9-13H,3-5,8,14-15H2,1-2H3. The van der Waals surface area contributed by atoms with Gasteiger partial charge in [0.15, 0.2) is 6.61 Å². The summed E-state index contributed by atoms with van der Waals surface area (Å²) in [7, 11) is 2.98. The number of hydrogen-bond acceptors (Lipinski definition) is 6. The van der Waals surface area contributed by atoms with Crippen LogP contribution in [0.25, 0.3) is 0 Å². The van der Waals surface area contributed by atoms with Crippen LogP contribution in [-0.4, -0.2) is 37.6 Å². The first kappa shape index (κ1) is 20.5. The van der Waals surface area contributed by atoms with E-state index in [2.05, 4.69) is 6.08 Å². The second kappa shape index (κ2) is 9.82. The van der Waals surface area contributed by atoms with E-state index in [1.54, 1.807) is 35.4 Å². The van der Waals surface area contributed by atoms with E-state index in [1.807, 2.05) is 6.07 Å². The Morgan fingerprint density at radius 1 is 1.14 bits per heavy atom. The first-order valence-corrected chi connectivity index (χ1v) is 9.53. The lowest BCUT2D eigenvalue weighted by molar-refractivity contribution is -0.133. The number of amides is 1. The minimum atomic E-state index is -0.631. The minimum absolute atomic E-state index is 0.232. The number of hydrogen-bond donors (Lipinski definition) is 0. The van der Waals surface area contributed by atoms with Crippen molar-refractivity contribution in [1.82, 2.24) is 4.90 Å². The molecule has 3 rings (SSSR count). The van der Waals surface area contributed by atoms with Crippen LogP contribution in [-0.2, 0) is 16.1 Å². The molecule has 1 aliphatic rings. The third kappa shape index (κ3) is 5.19. The first-order chi connectivity index (χ1) is 14.1. The zero-order valence-electron chi connectivity index (χ0n) is 16.7. The van der Waals surface area contributed by atoms with Crippen LogP contribution in [0.5, 0.6) is 11.5 Å². The van der Waals surface area contributed by atoms with Crippen molar-refractivity contribution in [3.63, 3.8) is 0 Å². The van der Waals surface area contributed by atoms with Crippen LogP contribution in [0.4, 0.5) is 0 Å². The van der Waals surface area contributed by atoms with Crippen molar-refractivity contribution in [3.05, 3.63) is 59.7 Å². The van der Waals surface area contributed by atoms with Gasteiger partial charge >= 0.3 is 5.97 Å². The molecule has 0 saturated carbocycles. The maximum Gasteiger partial charge on any atom is 0.342 e. The molecular weight excluding hydrogens is 374 g/mol. The molecule has 0 radical (unpaired) electrons. The number of nitrogens with zero attached hydrogens (tertiary/aromatic N) is 1. The first-order valence-electron chi connectivity index (χ1n) is 9.53. The number of carbonyl (C=O) groups excluding carboxylic acids is 2. The van der Waals surface area contributed by atoms with Gasteiger partial charge in [-0.15, -0.1) is 0 Å². The summed E-state index contributed by atoms with van der Waals surface area (Å²) in [6, 6.07) is 8.38. The van der Waals surface area contributed by atoms with E-state index in [9.17, 15) is 9.59 Å². The topological polar surface area (TPSA) is 78.2 Å². The van der Waals surface area contributed by atoms with Gasteiger partial charge in [-0.2, -0.15) is 0 Å². The molecule has 1 heterocycles. The Bertz CT molecular complexity index is 871. The number of esters is 1.